The fraction of sp³-hybridized carbons (Fsp3) is 0.632. The van der Waals surface area contributed by atoms with E-state index in [9.17, 15) is 4.79 Å². The van der Waals surface area contributed by atoms with Crippen LogP contribution in [0.5, 0.6) is 0 Å². The summed E-state index contributed by atoms with van der Waals surface area (Å²) in [5.74, 6) is 0.250. The maximum absolute atomic E-state index is 12.5. The van der Waals surface area contributed by atoms with Gasteiger partial charge in [-0.25, -0.2) is 0 Å². The highest BCUT2D eigenvalue weighted by molar-refractivity contribution is 5.98. The Morgan fingerprint density at radius 3 is 2.43 bits per heavy atom. The zero-order chi connectivity index (χ0) is 15.6. The lowest BCUT2D eigenvalue weighted by Gasteiger charge is -2.38. The number of carbonyl (C=O) groups excluding carboxylic acids is 1. The number of hydrogen-bond donors (Lipinski definition) is 0. The summed E-state index contributed by atoms with van der Waals surface area (Å²) in [7, 11) is 2.10. The van der Waals surface area contributed by atoms with Gasteiger partial charge in [0.2, 0.25) is 0 Å². The van der Waals surface area contributed by atoms with Crippen molar-refractivity contribution in [2.75, 3.05) is 13.6 Å². The summed E-state index contributed by atoms with van der Waals surface area (Å²) in [4.78, 5) is 14.8. The van der Waals surface area contributed by atoms with Crippen molar-refractivity contribution in [3.8, 4) is 0 Å². The smallest absolute Gasteiger partial charge is 0.177 e. The number of nitrogens with zero attached hydrogens (tertiary/aromatic N) is 1. The molecular formula is C19H29NO. The van der Waals surface area contributed by atoms with E-state index in [-0.39, 0.29) is 5.78 Å². The van der Waals surface area contributed by atoms with Crippen molar-refractivity contribution < 1.29 is 4.79 Å². The molecular weight excluding hydrogens is 258 g/mol. The molecule has 1 aliphatic rings. The second-order valence-corrected chi connectivity index (χ2v) is 7.55. The Morgan fingerprint density at radius 2 is 1.86 bits per heavy atom. The summed E-state index contributed by atoms with van der Waals surface area (Å²) in [6.45, 7) is 9.34. The molecule has 2 heteroatoms. The van der Waals surface area contributed by atoms with E-state index in [2.05, 4.69) is 38.8 Å². The minimum atomic E-state index is 0.250. The van der Waals surface area contributed by atoms with E-state index < -0.39 is 0 Å². The van der Waals surface area contributed by atoms with Crippen molar-refractivity contribution in [2.45, 2.75) is 59.4 Å². The number of hydrogen-bond acceptors (Lipinski definition) is 2. The van der Waals surface area contributed by atoms with Crippen molar-refractivity contribution in [2.24, 2.45) is 5.41 Å². The van der Waals surface area contributed by atoms with E-state index in [1.54, 1.807) is 0 Å². The SMILES string of the molecule is Cc1ccc(C(=O)CN(C)C2CCC(C)(C)CC2)c(C)c1. The van der Waals surface area contributed by atoms with Crippen LogP contribution in [0, 0.1) is 19.3 Å². The number of rotatable bonds is 4. The Morgan fingerprint density at radius 1 is 1.24 bits per heavy atom. The highest BCUT2D eigenvalue weighted by Crippen LogP contribution is 2.36. The van der Waals surface area contributed by atoms with Crippen molar-refractivity contribution >= 4 is 5.78 Å². The topological polar surface area (TPSA) is 20.3 Å². The lowest BCUT2D eigenvalue weighted by molar-refractivity contribution is 0.0851. The van der Waals surface area contributed by atoms with Crippen LogP contribution < -0.4 is 0 Å². The van der Waals surface area contributed by atoms with Crippen molar-refractivity contribution in [3.05, 3.63) is 34.9 Å². The molecule has 1 aliphatic carbocycles. The molecule has 1 aromatic rings. The third kappa shape index (κ3) is 4.16. The number of aryl methyl sites for hydroxylation is 2. The van der Waals surface area contributed by atoms with E-state index in [0.29, 0.717) is 18.0 Å². The third-order valence-electron chi connectivity index (χ3n) is 5.01. The molecule has 0 radical (unpaired) electrons. The fourth-order valence-electron chi connectivity index (χ4n) is 3.39. The zero-order valence-electron chi connectivity index (χ0n) is 14.2. The van der Waals surface area contributed by atoms with Crippen LogP contribution in [0.4, 0.5) is 0 Å². The van der Waals surface area contributed by atoms with E-state index in [1.807, 2.05) is 19.1 Å². The lowest BCUT2D eigenvalue weighted by atomic mass is 9.75. The predicted molar refractivity (Wildman–Crippen MR) is 88.9 cm³/mol. The first-order valence-electron chi connectivity index (χ1n) is 8.09. The van der Waals surface area contributed by atoms with Gasteiger partial charge in [-0.1, -0.05) is 37.6 Å². The molecule has 0 bridgehead atoms. The van der Waals surface area contributed by atoms with Gasteiger partial charge in [-0.15, -0.1) is 0 Å². The maximum atomic E-state index is 12.5. The van der Waals surface area contributed by atoms with Gasteiger partial charge in [0.05, 0.1) is 6.54 Å². The number of ketones is 1. The van der Waals surface area contributed by atoms with E-state index in [1.165, 1.54) is 31.2 Å². The van der Waals surface area contributed by atoms with Crippen molar-refractivity contribution in [1.29, 1.82) is 0 Å². The van der Waals surface area contributed by atoms with Gasteiger partial charge in [0.1, 0.15) is 0 Å². The second-order valence-electron chi connectivity index (χ2n) is 7.55. The number of likely N-dealkylation sites (N-methyl/N-ethyl adjacent to an activating group) is 1. The van der Waals surface area contributed by atoms with Gasteiger partial charge in [0, 0.05) is 11.6 Å². The molecule has 0 saturated heterocycles. The number of Topliss-reactive ketones (excluding diaryl/α,β-unsaturated/α-hetero) is 1. The van der Waals surface area contributed by atoms with Gasteiger partial charge in [-0.05, 0) is 57.6 Å². The Balaban J connectivity index is 1.96. The Labute approximate surface area is 129 Å². The fourth-order valence-corrected chi connectivity index (χ4v) is 3.39. The van der Waals surface area contributed by atoms with E-state index in [4.69, 9.17) is 0 Å². The van der Waals surface area contributed by atoms with Crippen LogP contribution in [0.1, 0.15) is 61.0 Å². The molecule has 0 spiro atoms. The Hall–Kier alpha value is -1.15. The van der Waals surface area contributed by atoms with Crippen LogP contribution in [-0.4, -0.2) is 30.3 Å². The van der Waals surface area contributed by atoms with Gasteiger partial charge >= 0.3 is 0 Å². The van der Waals surface area contributed by atoms with E-state index in [0.717, 1.165) is 11.1 Å². The van der Waals surface area contributed by atoms with Crippen LogP contribution in [0.2, 0.25) is 0 Å². The van der Waals surface area contributed by atoms with Gasteiger partial charge in [0.25, 0.3) is 0 Å². The summed E-state index contributed by atoms with van der Waals surface area (Å²) < 4.78 is 0. The average Bonchev–Trinajstić information content (AvgIpc) is 2.38. The summed E-state index contributed by atoms with van der Waals surface area (Å²) in [5.41, 5.74) is 3.67. The van der Waals surface area contributed by atoms with Crippen LogP contribution in [0.25, 0.3) is 0 Å². The molecule has 116 valence electrons. The first-order valence-corrected chi connectivity index (χ1v) is 8.09. The molecule has 0 unspecified atom stereocenters. The monoisotopic (exact) mass is 287 g/mol. The van der Waals surface area contributed by atoms with Crippen molar-refractivity contribution in [3.63, 3.8) is 0 Å². The molecule has 0 amide bonds. The van der Waals surface area contributed by atoms with Crippen LogP contribution in [0.15, 0.2) is 18.2 Å². The molecule has 2 nitrogen and oxygen atoms in total. The number of carbonyl (C=O) groups is 1. The molecule has 2 rings (SSSR count). The predicted octanol–water partition coefficient (Wildman–Crippen LogP) is 4.39. The van der Waals surface area contributed by atoms with Gasteiger partial charge < -0.3 is 0 Å². The maximum Gasteiger partial charge on any atom is 0.177 e. The molecule has 21 heavy (non-hydrogen) atoms. The van der Waals surface area contributed by atoms with Gasteiger partial charge in [-0.2, -0.15) is 0 Å². The second kappa shape index (κ2) is 6.31. The van der Waals surface area contributed by atoms with Crippen LogP contribution in [0.3, 0.4) is 0 Å². The number of benzene rings is 1. The highest BCUT2D eigenvalue weighted by Gasteiger charge is 2.29. The standard InChI is InChI=1S/C19H29NO/c1-14-6-7-17(15(2)12-14)18(21)13-20(5)16-8-10-19(3,4)11-9-16/h6-7,12,16H,8-11,13H2,1-5H3. The summed E-state index contributed by atoms with van der Waals surface area (Å²) in [5, 5.41) is 0. The Kier molecular flexibility index (Phi) is 4.88. The first-order chi connectivity index (χ1) is 9.78. The summed E-state index contributed by atoms with van der Waals surface area (Å²) in [6.07, 6.45) is 4.95. The molecule has 0 heterocycles. The molecule has 0 aliphatic heterocycles. The zero-order valence-corrected chi connectivity index (χ0v) is 14.2. The first kappa shape index (κ1) is 16.2. The highest BCUT2D eigenvalue weighted by atomic mass is 16.1. The molecule has 1 fully saturated rings. The van der Waals surface area contributed by atoms with Crippen LogP contribution in [-0.2, 0) is 0 Å². The van der Waals surface area contributed by atoms with Crippen molar-refractivity contribution in [1.82, 2.24) is 4.90 Å². The largest absolute Gasteiger partial charge is 0.296 e. The van der Waals surface area contributed by atoms with Gasteiger partial charge in [0.15, 0.2) is 5.78 Å². The quantitative estimate of drug-likeness (QED) is 0.766. The average molecular weight is 287 g/mol. The van der Waals surface area contributed by atoms with Crippen LogP contribution >= 0.6 is 0 Å². The third-order valence-corrected chi connectivity index (χ3v) is 5.01. The minimum Gasteiger partial charge on any atom is -0.296 e. The molecule has 0 aromatic heterocycles. The summed E-state index contributed by atoms with van der Waals surface area (Å²) in [6, 6.07) is 6.66. The summed E-state index contributed by atoms with van der Waals surface area (Å²) >= 11 is 0. The van der Waals surface area contributed by atoms with Gasteiger partial charge in [-0.3, -0.25) is 9.69 Å². The normalized spacial score (nSPS) is 19.0. The molecule has 0 atom stereocenters. The Bertz CT molecular complexity index is 508. The molecule has 0 N–H and O–H groups in total. The minimum absolute atomic E-state index is 0.250. The molecule has 1 aromatic carbocycles. The van der Waals surface area contributed by atoms with E-state index >= 15 is 0 Å². The molecule has 1 saturated carbocycles. The lowest BCUT2D eigenvalue weighted by Crippen LogP contribution is -2.40.